The van der Waals surface area contributed by atoms with E-state index in [0.717, 1.165) is 5.56 Å². The fraction of sp³-hybridized carbons (Fsp3) is 0.200. The van der Waals surface area contributed by atoms with E-state index in [2.05, 4.69) is 10.3 Å². The molecule has 0 aromatic heterocycles. The molecule has 0 saturated heterocycles. The number of methoxy groups -OCH3 is 2. The van der Waals surface area contributed by atoms with E-state index in [1.54, 1.807) is 56.7 Å². The minimum Gasteiger partial charge on any atom is -0.497 e. The van der Waals surface area contributed by atoms with Gasteiger partial charge in [-0.1, -0.05) is 18.2 Å². The average Bonchev–Trinajstić information content (AvgIpc) is 3.00. The Kier molecular flexibility index (Phi) is 5.31. The first-order valence-corrected chi connectivity index (χ1v) is 8.16. The van der Waals surface area contributed by atoms with Gasteiger partial charge in [-0.05, 0) is 41.8 Å². The standard InChI is InChI=1S/C20H19FN2O3/c1-25-15-9-13(10-16(12-15)26-2)11-18-20(24)23-19(22-18)8-7-14-5-3-4-6-17(14)21/h3-6,9-12H,7-8H2,1-2H3,(H,22,23,24)/b18-11+. The fourth-order valence-corrected chi connectivity index (χ4v) is 2.66. The number of aliphatic imine (C=N–C) groups is 1. The lowest BCUT2D eigenvalue weighted by Crippen LogP contribution is -2.24. The summed E-state index contributed by atoms with van der Waals surface area (Å²) in [7, 11) is 3.12. The molecule has 2 aromatic carbocycles. The van der Waals surface area contributed by atoms with Gasteiger partial charge in [-0.2, -0.15) is 0 Å². The van der Waals surface area contributed by atoms with Crippen LogP contribution in [0.25, 0.3) is 6.08 Å². The van der Waals surface area contributed by atoms with E-state index < -0.39 is 0 Å². The molecule has 0 atom stereocenters. The molecule has 0 saturated carbocycles. The summed E-state index contributed by atoms with van der Waals surface area (Å²) in [5.74, 6) is 1.24. The van der Waals surface area contributed by atoms with Crippen molar-refractivity contribution in [3.63, 3.8) is 0 Å². The number of amides is 1. The first-order chi connectivity index (χ1) is 12.6. The van der Waals surface area contributed by atoms with Gasteiger partial charge in [0, 0.05) is 12.5 Å². The van der Waals surface area contributed by atoms with Crippen molar-refractivity contribution < 1.29 is 18.7 Å². The van der Waals surface area contributed by atoms with Gasteiger partial charge in [0.2, 0.25) is 0 Å². The summed E-state index contributed by atoms with van der Waals surface area (Å²) in [6, 6.07) is 11.9. The van der Waals surface area contributed by atoms with E-state index in [0.29, 0.717) is 41.4 Å². The molecule has 1 N–H and O–H groups in total. The highest BCUT2D eigenvalue weighted by molar-refractivity contribution is 6.14. The van der Waals surface area contributed by atoms with Gasteiger partial charge in [-0.25, -0.2) is 9.38 Å². The Morgan fingerprint density at radius 2 is 1.77 bits per heavy atom. The van der Waals surface area contributed by atoms with Crippen LogP contribution in [0.2, 0.25) is 0 Å². The largest absolute Gasteiger partial charge is 0.497 e. The van der Waals surface area contributed by atoms with Crippen molar-refractivity contribution in [2.45, 2.75) is 12.8 Å². The Labute approximate surface area is 151 Å². The SMILES string of the molecule is COc1cc(/C=C2/N=C(CCc3ccccc3F)NC2=O)cc(OC)c1. The van der Waals surface area contributed by atoms with Crippen LogP contribution in [-0.2, 0) is 11.2 Å². The quantitative estimate of drug-likeness (QED) is 0.810. The molecule has 1 aliphatic heterocycles. The number of aryl methyl sites for hydroxylation is 1. The Balaban J connectivity index is 1.77. The summed E-state index contributed by atoms with van der Waals surface area (Å²) in [5, 5.41) is 2.73. The van der Waals surface area contributed by atoms with E-state index in [1.807, 2.05) is 0 Å². The van der Waals surface area contributed by atoms with Gasteiger partial charge in [0.1, 0.15) is 28.8 Å². The zero-order chi connectivity index (χ0) is 18.5. The summed E-state index contributed by atoms with van der Waals surface area (Å²) < 4.78 is 24.1. The van der Waals surface area contributed by atoms with Gasteiger partial charge in [-0.3, -0.25) is 4.79 Å². The van der Waals surface area contributed by atoms with Gasteiger partial charge in [-0.15, -0.1) is 0 Å². The van der Waals surface area contributed by atoms with Crippen LogP contribution in [0.4, 0.5) is 4.39 Å². The molecular formula is C20H19FN2O3. The van der Waals surface area contributed by atoms with Crippen LogP contribution in [0.15, 0.2) is 53.2 Å². The average molecular weight is 354 g/mol. The van der Waals surface area contributed by atoms with Crippen LogP contribution in [0, 0.1) is 5.82 Å². The summed E-state index contributed by atoms with van der Waals surface area (Å²) in [4.78, 5) is 16.5. The summed E-state index contributed by atoms with van der Waals surface area (Å²) >= 11 is 0. The predicted octanol–water partition coefficient (Wildman–Crippen LogP) is 3.34. The number of rotatable bonds is 6. The zero-order valence-electron chi connectivity index (χ0n) is 14.6. The van der Waals surface area contributed by atoms with Crippen LogP contribution in [-0.4, -0.2) is 26.0 Å². The van der Waals surface area contributed by atoms with Crippen molar-refractivity contribution >= 4 is 17.8 Å². The molecule has 1 aliphatic rings. The summed E-state index contributed by atoms with van der Waals surface area (Å²) in [6.45, 7) is 0. The van der Waals surface area contributed by atoms with Gasteiger partial charge < -0.3 is 14.8 Å². The lowest BCUT2D eigenvalue weighted by atomic mass is 10.1. The third-order valence-corrected chi connectivity index (χ3v) is 4.01. The van der Waals surface area contributed by atoms with Crippen molar-refractivity contribution in [3.05, 3.63) is 65.1 Å². The normalized spacial score (nSPS) is 15.0. The second-order valence-electron chi connectivity index (χ2n) is 5.78. The second-order valence-corrected chi connectivity index (χ2v) is 5.78. The monoisotopic (exact) mass is 354 g/mol. The minimum absolute atomic E-state index is 0.253. The Hall–Kier alpha value is -3.15. The molecule has 134 valence electrons. The molecule has 1 amide bonds. The van der Waals surface area contributed by atoms with E-state index in [-0.39, 0.29) is 11.7 Å². The first-order valence-electron chi connectivity index (χ1n) is 8.16. The van der Waals surface area contributed by atoms with E-state index >= 15 is 0 Å². The molecule has 26 heavy (non-hydrogen) atoms. The molecule has 5 nitrogen and oxygen atoms in total. The highest BCUT2D eigenvalue weighted by Crippen LogP contribution is 2.25. The molecule has 0 unspecified atom stereocenters. The minimum atomic E-state index is -0.282. The topological polar surface area (TPSA) is 59.9 Å². The number of ether oxygens (including phenoxy) is 2. The molecule has 1 heterocycles. The molecule has 0 spiro atoms. The Morgan fingerprint density at radius 1 is 1.08 bits per heavy atom. The number of carbonyl (C=O) groups is 1. The molecule has 2 aromatic rings. The van der Waals surface area contributed by atoms with Crippen molar-refractivity contribution in [3.8, 4) is 11.5 Å². The van der Waals surface area contributed by atoms with Crippen LogP contribution in [0.3, 0.4) is 0 Å². The van der Waals surface area contributed by atoms with Crippen molar-refractivity contribution in [1.82, 2.24) is 5.32 Å². The predicted molar refractivity (Wildman–Crippen MR) is 97.8 cm³/mol. The van der Waals surface area contributed by atoms with Crippen LogP contribution in [0.5, 0.6) is 11.5 Å². The third-order valence-electron chi connectivity index (χ3n) is 4.01. The number of carbonyl (C=O) groups excluding carboxylic acids is 1. The van der Waals surface area contributed by atoms with Crippen LogP contribution in [0.1, 0.15) is 17.5 Å². The lowest BCUT2D eigenvalue weighted by Gasteiger charge is -2.05. The number of nitrogens with zero attached hydrogens (tertiary/aromatic N) is 1. The smallest absolute Gasteiger partial charge is 0.275 e. The highest BCUT2D eigenvalue weighted by atomic mass is 19.1. The Morgan fingerprint density at radius 3 is 2.42 bits per heavy atom. The number of amidine groups is 1. The first kappa shape index (κ1) is 17.7. The van der Waals surface area contributed by atoms with Crippen molar-refractivity contribution in [1.29, 1.82) is 0 Å². The van der Waals surface area contributed by atoms with Gasteiger partial charge in [0.05, 0.1) is 14.2 Å². The summed E-state index contributed by atoms with van der Waals surface area (Å²) in [5.41, 5.74) is 1.63. The molecule has 6 heteroatoms. The van der Waals surface area contributed by atoms with Gasteiger partial charge in [0.25, 0.3) is 5.91 Å². The van der Waals surface area contributed by atoms with Crippen molar-refractivity contribution in [2.75, 3.05) is 14.2 Å². The van der Waals surface area contributed by atoms with Gasteiger partial charge >= 0.3 is 0 Å². The maximum atomic E-state index is 13.7. The second kappa shape index (κ2) is 7.82. The van der Waals surface area contributed by atoms with Crippen LogP contribution < -0.4 is 14.8 Å². The summed E-state index contributed by atoms with van der Waals surface area (Å²) in [6.07, 6.45) is 2.58. The third kappa shape index (κ3) is 4.08. The maximum Gasteiger partial charge on any atom is 0.275 e. The maximum absolute atomic E-state index is 13.7. The number of hydrogen-bond acceptors (Lipinski definition) is 4. The molecule has 0 fully saturated rings. The lowest BCUT2D eigenvalue weighted by molar-refractivity contribution is -0.115. The van der Waals surface area contributed by atoms with Crippen molar-refractivity contribution in [2.24, 2.45) is 4.99 Å². The molecular weight excluding hydrogens is 335 g/mol. The highest BCUT2D eigenvalue weighted by Gasteiger charge is 2.20. The number of benzene rings is 2. The molecule has 0 aliphatic carbocycles. The number of hydrogen-bond donors (Lipinski definition) is 1. The zero-order valence-corrected chi connectivity index (χ0v) is 14.6. The van der Waals surface area contributed by atoms with Crippen LogP contribution >= 0.6 is 0 Å². The van der Waals surface area contributed by atoms with E-state index in [1.165, 1.54) is 6.07 Å². The molecule has 0 radical (unpaired) electrons. The number of halogens is 1. The number of nitrogens with one attached hydrogen (secondary N) is 1. The fourth-order valence-electron chi connectivity index (χ4n) is 2.66. The van der Waals surface area contributed by atoms with E-state index in [9.17, 15) is 9.18 Å². The van der Waals surface area contributed by atoms with E-state index in [4.69, 9.17) is 9.47 Å². The van der Waals surface area contributed by atoms with Gasteiger partial charge in [0.15, 0.2) is 0 Å². The Bertz CT molecular complexity index is 868. The molecule has 3 rings (SSSR count). The molecule has 0 bridgehead atoms.